The van der Waals surface area contributed by atoms with Crippen LogP contribution >= 0.6 is 0 Å². The van der Waals surface area contributed by atoms with Gasteiger partial charge in [-0.1, -0.05) is 26.0 Å². The maximum atomic E-state index is 10.8. The van der Waals surface area contributed by atoms with Crippen LogP contribution in [0, 0.1) is 11.8 Å². The molecule has 1 aromatic rings. The van der Waals surface area contributed by atoms with Crippen LogP contribution in [0.25, 0.3) is 0 Å². The number of benzene rings is 1. The zero-order valence-electron chi connectivity index (χ0n) is 10.7. The fourth-order valence-corrected chi connectivity index (χ4v) is 2.00. The molecule has 0 bridgehead atoms. The van der Waals surface area contributed by atoms with E-state index in [-0.39, 0.29) is 5.92 Å². The third-order valence-corrected chi connectivity index (χ3v) is 3.00. The lowest BCUT2D eigenvalue weighted by Gasteiger charge is -2.14. The predicted molar refractivity (Wildman–Crippen MR) is 70.3 cm³/mol. The Balaban J connectivity index is 2.49. The highest BCUT2D eigenvalue weighted by atomic mass is 16.4. The van der Waals surface area contributed by atoms with E-state index in [1.54, 1.807) is 6.92 Å². The highest BCUT2D eigenvalue weighted by Crippen LogP contribution is 2.18. The van der Waals surface area contributed by atoms with Crippen molar-refractivity contribution in [2.75, 3.05) is 12.4 Å². The van der Waals surface area contributed by atoms with Gasteiger partial charge in [-0.25, -0.2) is 0 Å². The smallest absolute Gasteiger partial charge is 0.306 e. The molecule has 0 unspecified atom stereocenters. The van der Waals surface area contributed by atoms with E-state index >= 15 is 0 Å². The summed E-state index contributed by atoms with van der Waals surface area (Å²) in [6.45, 7) is 3.87. The van der Waals surface area contributed by atoms with Gasteiger partial charge < -0.3 is 10.4 Å². The maximum Gasteiger partial charge on any atom is 0.306 e. The first kappa shape index (κ1) is 13.6. The minimum absolute atomic E-state index is 0.262. The summed E-state index contributed by atoms with van der Waals surface area (Å²) >= 11 is 0. The van der Waals surface area contributed by atoms with Crippen LogP contribution in [0.3, 0.4) is 0 Å². The van der Waals surface area contributed by atoms with Gasteiger partial charge in [0.2, 0.25) is 0 Å². The topological polar surface area (TPSA) is 49.3 Å². The molecule has 1 aromatic carbocycles. The summed E-state index contributed by atoms with van der Waals surface area (Å²) in [4.78, 5) is 10.8. The van der Waals surface area contributed by atoms with Crippen molar-refractivity contribution in [3.63, 3.8) is 0 Å². The lowest BCUT2D eigenvalue weighted by molar-refractivity contribution is -0.141. The molecule has 3 heteroatoms. The third kappa shape index (κ3) is 4.47. The second-order valence-electron chi connectivity index (χ2n) is 4.73. The molecule has 0 aliphatic carbocycles. The average Bonchev–Trinajstić information content (AvgIpc) is 2.29. The average molecular weight is 235 g/mol. The fraction of sp³-hybridized carbons (Fsp3) is 0.500. The van der Waals surface area contributed by atoms with E-state index in [4.69, 9.17) is 5.11 Å². The molecule has 0 saturated carbocycles. The molecular formula is C14H21NO2. The molecule has 94 valence electrons. The number of aliphatic carboxylic acids is 1. The van der Waals surface area contributed by atoms with E-state index in [0.29, 0.717) is 5.92 Å². The van der Waals surface area contributed by atoms with Crippen molar-refractivity contribution < 1.29 is 9.90 Å². The second kappa shape index (κ2) is 6.28. The van der Waals surface area contributed by atoms with Crippen LogP contribution in [0.2, 0.25) is 0 Å². The van der Waals surface area contributed by atoms with Gasteiger partial charge in [-0.05, 0) is 36.5 Å². The van der Waals surface area contributed by atoms with Crippen molar-refractivity contribution in [3.8, 4) is 0 Å². The Bertz CT molecular complexity index is 359. The number of carboxylic acid groups (broad SMARTS) is 1. The number of carbonyl (C=O) groups is 1. The summed E-state index contributed by atoms with van der Waals surface area (Å²) in [7, 11) is 1.90. The monoisotopic (exact) mass is 235 g/mol. The standard InChI is InChI=1S/C14H21NO2/c1-10(8-11(2)14(16)17)9-12-4-6-13(15-3)7-5-12/h4-7,10-11,15H,8-9H2,1-3H3,(H,16,17)/t10-,11+/m1/s1. The van der Waals surface area contributed by atoms with Crippen molar-refractivity contribution in [2.45, 2.75) is 26.7 Å². The Morgan fingerprint density at radius 2 is 1.88 bits per heavy atom. The van der Waals surface area contributed by atoms with E-state index in [2.05, 4.69) is 24.4 Å². The van der Waals surface area contributed by atoms with Gasteiger partial charge in [0.1, 0.15) is 0 Å². The van der Waals surface area contributed by atoms with Crippen molar-refractivity contribution in [1.82, 2.24) is 0 Å². The van der Waals surface area contributed by atoms with Gasteiger partial charge in [0.25, 0.3) is 0 Å². The Morgan fingerprint density at radius 3 is 2.35 bits per heavy atom. The van der Waals surface area contributed by atoms with E-state index in [1.165, 1.54) is 5.56 Å². The van der Waals surface area contributed by atoms with Gasteiger partial charge in [0.15, 0.2) is 0 Å². The Morgan fingerprint density at radius 1 is 1.29 bits per heavy atom. The number of nitrogens with one attached hydrogen (secondary N) is 1. The van der Waals surface area contributed by atoms with E-state index in [0.717, 1.165) is 18.5 Å². The Hall–Kier alpha value is -1.51. The summed E-state index contributed by atoms with van der Waals surface area (Å²) in [5.41, 5.74) is 2.36. The zero-order chi connectivity index (χ0) is 12.8. The largest absolute Gasteiger partial charge is 0.481 e. The predicted octanol–water partition coefficient (Wildman–Crippen LogP) is 3.02. The number of hydrogen-bond acceptors (Lipinski definition) is 2. The van der Waals surface area contributed by atoms with Crippen LogP contribution in [0.1, 0.15) is 25.8 Å². The zero-order valence-corrected chi connectivity index (χ0v) is 10.7. The van der Waals surface area contributed by atoms with Gasteiger partial charge in [-0.3, -0.25) is 4.79 Å². The fourth-order valence-electron chi connectivity index (χ4n) is 2.00. The van der Waals surface area contributed by atoms with Crippen molar-refractivity contribution in [2.24, 2.45) is 11.8 Å². The summed E-state index contributed by atoms with van der Waals surface area (Å²) < 4.78 is 0. The highest BCUT2D eigenvalue weighted by Gasteiger charge is 2.15. The normalized spacial score (nSPS) is 14.1. The van der Waals surface area contributed by atoms with Gasteiger partial charge in [-0.15, -0.1) is 0 Å². The second-order valence-corrected chi connectivity index (χ2v) is 4.73. The van der Waals surface area contributed by atoms with E-state index in [9.17, 15) is 4.79 Å². The molecule has 17 heavy (non-hydrogen) atoms. The molecule has 2 N–H and O–H groups in total. The molecule has 1 rings (SSSR count). The molecule has 0 aromatic heterocycles. The molecule has 0 spiro atoms. The number of anilines is 1. The van der Waals surface area contributed by atoms with Crippen LogP contribution in [0.5, 0.6) is 0 Å². The third-order valence-electron chi connectivity index (χ3n) is 3.00. The van der Waals surface area contributed by atoms with E-state index in [1.807, 2.05) is 19.2 Å². The first-order chi connectivity index (χ1) is 8.02. The van der Waals surface area contributed by atoms with Crippen LogP contribution in [0.4, 0.5) is 5.69 Å². The molecule has 0 aliphatic heterocycles. The molecule has 0 aliphatic rings. The van der Waals surface area contributed by atoms with Gasteiger partial charge in [0.05, 0.1) is 5.92 Å². The summed E-state index contributed by atoms with van der Waals surface area (Å²) in [6, 6.07) is 8.27. The maximum absolute atomic E-state index is 10.8. The first-order valence-corrected chi connectivity index (χ1v) is 6.02. The molecule has 0 radical (unpaired) electrons. The van der Waals surface area contributed by atoms with E-state index < -0.39 is 5.97 Å². The molecule has 2 atom stereocenters. The Labute approximate surface area is 103 Å². The summed E-state index contributed by atoms with van der Waals surface area (Å²) in [5, 5.41) is 11.9. The molecular weight excluding hydrogens is 214 g/mol. The van der Waals surface area contributed by atoms with Crippen molar-refractivity contribution in [3.05, 3.63) is 29.8 Å². The molecule has 0 heterocycles. The number of hydrogen-bond donors (Lipinski definition) is 2. The van der Waals surface area contributed by atoms with Gasteiger partial charge in [0, 0.05) is 12.7 Å². The van der Waals surface area contributed by atoms with Gasteiger partial charge in [-0.2, -0.15) is 0 Å². The SMILES string of the molecule is CNc1ccc(C[C@H](C)C[C@H](C)C(=O)O)cc1. The number of carboxylic acids is 1. The lowest BCUT2D eigenvalue weighted by Crippen LogP contribution is -2.14. The van der Waals surface area contributed by atoms with Crippen molar-refractivity contribution in [1.29, 1.82) is 0 Å². The van der Waals surface area contributed by atoms with Crippen LogP contribution < -0.4 is 5.32 Å². The van der Waals surface area contributed by atoms with Gasteiger partial charge >= 0.3 is 5.97 Å². The quantitative estimate of drug-likeness (QED) is 0.796. The van der Waals surface area contributed by atoms with Crippen LogP contribution in [-0.2, 0) is 11.2 Å². The van der Waals surface area contributed by atoms with Crippen LogP contribution in [0.15, 0.2) is 24.3 Å². The lowest BCUT2D eigenvalue weighted by atomic mass is 9.92. The Kier molecular flexibility index (Phi) is 5.01. The minimum atomic E-state index is -0.706. The highest BCUT2D eigenvalue weighted by molar-refractivity contribution is 5.69. The summed E-state index contributed by atoms with van der Waals surface area (Å²) in [6.07, 6.45) is 1.66. The molecule has 0 amide bonds. The molecule has 0 saturated heterocycles. The first-order valence-electron chi connectivity index (χ1n) is 6.02. The minimum Gasteiger partial charge on any atom is -0.481 e. The molecule has 3 nitrogen and oxygen atoms in total. The molecule has 0 fully saturated rings. The number of rotatable bonds is 6. The summed E-state index contributed by atoms with van der Waals surface area (Å²) in [5.74, 6) is -0.578. The van der Waals surface area contributed by atoms with Crippen molar-refractivity contribution >= 4 is 11.7 Å². The van der Waals surface area contributed by atoms with Crippen LogP contribution in [-0.4, -0.2) is 18.1 Å².